The standard InChI is InChI=1S/C16H23NO3/c1-3-10-16(19)11-17(12-16)15(18)9-8-13-6-4-5-7-14(13)20-2/h4-7,19H,3,8-12H2,1-2H3. The van der Waals surface area contributed by atoms with Crippen molar-refractivity contribution in [2.75, 3.05) is 20.2 Å². The molecule has 4 heteroatoms. The van der Waals surface area contributed by atoms with Gasteiger partial charge in [-0.05, 0) is 24.5 Å². The van der Waals surface area contributed by atoms with Crippen molar-refractivity contribution in [2.24, 2.45) is 0 Å². The molecular weight excluding hydrogens is 254 g/mol. The number of aliphatic hydroxyl groups is 1. The largest absolute Gasteiger partial charge is 0.496 e. The highest BCUT2D eigenvalue weighted by Crippen LogP contribution is 2.27. The summed E-state index contributed by atoms with van der Waals surface area (Å²) in [7, 11) is 1.64. The molecule has 1 aromatic rings. The SMILES string of the molecule is CCCC1(O)CN(C(=O)CCc2ccccc2OC)C1. The van der Waals surface area contributed by atoms with Gasteiger partial charge in [0.05, 0.1) is 25.8 Å². The van der Waals surface area contributed by atoms with Crippen molar-refractivity contribution in [3.05, 3.63) is 29.8 Å². The Labute approximate surface area is 120 Å². The van der Waals surface area contributed by atoms with Crippen molar-refractivity contribution >= 4 is 5.91 Å². The number of para-hydroxylation sites is 1. The third-order valence-electron chi connectivity index (χ3n) is 3.84. The van der Waals surface area contributed by atoms with E-state index in [4.69, 9.17) is 4.74 Å². The maximum Gasteiger partial charge on any atom is 0.223 e. The van der Waals surface area contributed by atoms with Crippen LogP contribution in [0.5, 0.6) is 5.75 Å². The second kappa shape index (κ2) is 6.27. The van der Waals surface area contributed by atoms with Gasteiger partial charge in [0.1, 0.15) is 5.75 Å². The predicted molar refractivity (Wildman–Crippen MR) is 77.8 cm³/mol. The Bertz CT molecular complexity index is 467. The van der Waals surface area contributed by atoms with Crippen molar-refractivity contribution in [1.82, 2.24) is 4.90 Å². The van der Waals surface area contributed by atoms with Gasteiger partial charge in [-0.2, -0.15) is 0 Å². The van der Waals surface area contributed by atoms with E-state index in [9.17, 15) is 9.90 Å². The maximum absolute atomic E-state index is 12.1. The lowest BCUT2D eigenvalue weighted by Gasteiger charge is -2.46. The Hall–Kier alpha value is -1.55. The first-order valence-electron chi connectivity index (χ1n) is 7.20. The number of likely N-dealkylation sites (tertiary alicyclic amines) is 1. The van der Waals surface area contributed by atoms with Crippen LogP contribution in [0.3, 0.4) is 0 Å². The molecule has 4 nitrogen and oxygen atoms in total. The van der Waals surface area contributed by atoms with E-state index in [2.05, 4.69) is 0 Å². The number of nitrogens with zero attached hydrogens (tertiary/aromatic N) is 1. The van der Waals surface area contributed by atoms with Crippen molar-refractivity contribution in [3.8, 4) is 5.75 Å². The summed E-state index contributed by atoms with van der Waals surface area (Å²) in [4.78, 5) is 13.8. The summed E-state index contributed by atoms with van der Waals surface area (Å²) < 4.78 is 5.28. The molecule has 1 amide bonds. The summed E-state index contributed by atoms with van der Waals surface area (Å²) in [6.45, 7) is 3.00. The quantitative estimate of drug-likeness (QED) is 0.865. The van der Waals surface area contributed by atoms with Crippen LogP contribution in [0, 0.1) is 0 Å². The van der Waals surface area contributed by atoms with Gasteiger partial charge in [0, 0.05) is 6.42 Å². The van der Waals surface area contributed by atoms with E-state index in [0.717, 1.165) is 24.2 Å². The van der Waals surface area contributed by atoms with Gasteiger partial charge in [-0.1, -0.05) is 31.5 Å². The molecule has 0 aromatic heterocycles. The Balaban J connectivity index is 1.82. The third-order valence-corrected chi connectivity index (χ3v) is 3.84. The lowest BCUT2D eigenvalue weighted by Crippen LogP contribution is -2.63. The fraction of sp³-hybridized carbons (Fsp3) is 0.562. The fourth-order valence-corrected chi connectivity index (χ4v) is 2.77. The van der Waals surface area contributed by atoms with Crippen LogP contribution in [0.15, 0.2) is 24.3 Å². The number of hydrogen-bond acceptors (Lipinski definition) is 3. The van der Waals surface area contributed by atoms with E-state index in [1.807, 2.05) is 31.2 Å². The average molecular weight is 277 g/mol. The van der Waals surface area contributed by atoms with Crippen LogP contribution in [0.25, 0.3) is 0 Å². The molecule has 1 aliphatic heterocycles. The zero-order chi connectivity index (χ0) is 14.6. The highest BCUT2D eigenvalue weighted by molar-refractivity contribution is 5.77. The Morgan fingerprint density at radius 2 is 2.10 bits per heavy atom. The van der Waals surface area contributed by atoms with Crippen LogP contribution >= 0.6 is 0 Å². The van der Waals surface area contributed by atoms with E-state index in [1.54, 1.807) is 12.0 Å². The second-order valence-corrected chi connectivity index (χ2v) is 5.54. The molecule has 1 heterocycles. The summed E-state index contributed by atoms with van der Waals surface area (Å²) in [5, 5.41) is 10.1. The Morgan fingerprint density at radius 1 is 1.40 bits per heavy atom. The number of aryl methyl sites for hydroxylation is 1. The molecule has 1 aliphatic rings. The highest BCUT2D eigenvalue weighted by atomic mass is 16.5. The minimum atomic E-state index is -0.644. The predicted octanol–water partition coefficient (Wildman–Crippen LogP) is 2.00. The molecule has 0 spiro atoms. The number of ether oxygens (including phenoxy) is 1. The topological polar surface area (TPSA) is 49.8 Å². The number of benzene rings is 1. The number of rotatable bonds is 6. The molecule has 0 radical (unpaired) electrons. The molecule has 110 valence electrons. The van der Waals surface area contributed by atoms with Gasteiger partial charge in [0.2, 0.25) is 5.91 Å². The minimum absolute atomic E-state index is 0.108. The van der Waals surface area contributed by atoms with Crippen molar-refractivity contribution in [1.29, 1.82) is 0 Å². The van der Waals surface area contributed by atoms with Crippen molar-refractivity contribution in [3.63, 3.8) is 0 Å². The fourth-order valence-electron chi connectivity index (χ4n) is 2.77. The molecule has 1 N–H and O–H groups in total. The minimum Gasteiger partial charge on any atom is -0.496 e. The summed E-state index contributed by atoms with van der Waals surface area (Å²) in [6, 6.07) is 7.76. The molecule has 0 aliphatic carbocycles. The Morgan fingerprint density at radius 3 is 2.75 bits per heavy atom. The normalized spacial score (nSPS) is 16.6. The van der Waals surface area contributed by atoms with E-state index >= 15 is 0 Å². The zero-order valence-electron chi connectivity index (χ0n) is 12.3. The number of β-amino-alcohol motifs (C(OH)–C–C–N with tert-alkyl or cyclic N) is 1. The molecule has 2 rings (SSSR count). The number of hydrogen-bond donors (Lipinski definition) is 1. The van der Waals surface area contributed by atoms with E-state index in [-0.39, 0.29) is 5.91 Å². The van der Waals surface area contributed by atoms with Crippen LogP contribution in [-0.2, 0) is 11.2 Å². The molecule has 1 fully saturated rings. The van der Waals surface area contributed by atoms with Crippen LogP contribution in [-0.4, -0.2) is 41.7 Å². The van der Waals surface area contributed by atoms with Gasteiger partial charge in [-0.3, -0.25) is 4.79 Å². The summed E-state index contributed by atoms with van der Waals surface area (Å²) >= 11 is 0. The molecular formula is C16H23NO3. The van der Waals surface area contributed by atoms with Crippen molar-refractivity contribution < 1.29 is 14.6 Å². The number of carbonyl (C=O) groups is 1. The monoisotopic (exact) mass is 277 g/mol. The van der Waals surface area contributed by atoms with Gasteiger partial charge in [0.15, 0.2) is 0 Å². The van der Waals surface area contributed by atoms with Crippen molar-refractivity contribution in [2.45, 2.75) is 38.2 Å². The second-order valence-electron chi connectivity index (χ2n) is 5.54. The van der Waals surface area contributed by atoms with E-state index in [1.165, 1.54) is 0 Å². The maximum atomic E-state index is 12.1. The van der Waals surface area contributed by atoms with Gasteiger partial charge in [-0.15, -0.1) is 0 Å². The summed E-state index contributed by atoms with van der Waals surface area (Å²) in [6.07, 6.45) is 2.84. The summed E-state index contributed by atoms with van der Waals surface area (Å²) in [5.41, 5.74) is 0.405. The lowest BCUT2D eigenvalue weighted by molar-refractivity contribution is -0.156. The van der Waals surface area contributed by atoms with Gasteiger partial charge in [-0.25, -0.2) is 0 Å². The molecule has 0 saturated carbocycles. The lowest BCUT2D eigenvalue weighted by atomic mass is 9.89. The van der Waals surface area contributed by atoms with Gasteiger partial charge >= 0.3 is 0 Å². The zero-order valence-corrected chi connectivity index (χ0v) is 12.3. The van der Waals surface area contributed by atoms with E-state index in [0.29, 0.717) is 25.9 Å². The summed E-state index contributed by atoms with van der Waals surface area (Å²) in [5.74, 6) is 0.933. The average Bonchev–Trinajstić information content (AvgIpc) is 2.42. The van der Waals surface area contributed by atoms with E-state index < -0.39 is 5.60 Å². The molecule has 1 saturated heterocycles. The smallest absolute Gasteiger partial charge is 0.223 e. The number of methoxy groups -OCH3 is 1. The number of carbonyl (C=O) groups excluding carboxylic acids is 1. The molecule has 0 atom stereocenters. The first-order chi connectivity index (χ1) is 9.58. The van der Waals surface area contributed by atoms with Crippen LogP contribution < -0.4 is 4.74 Å². The van der Waals surface area contributed by atoms with Gasteiger partial charge in [0.25, 0.3) is 0 Å². The number of amides is 1. The van der Waals surface area contributed by atoms with Crippen LogP contribution in [0.1, 0.15) is 31.7 Å². The first kappa shape index (κ1) is 14.9. The first-order valence-corrected chi connectivity index (χ1v) is 7.20. The molecule has 20 heavy (non-hydrogen) atoms. The van der Waals surface area contributed by atoms with Crippen LogP contribution in [0.2, 0.25) is 0 Å². The molecule has 1 aromatic carbocycles. The third kappa shape index (κ3) is 3.31. The van der Waals surface area contributed by atoms with Gasteiger partial charge < -0.3 is 14.7 Å². The Kier molecular flexibility index (Phi) is 4.65. The molecule has 0 unspecified atom stereocenters. The van der Waals surface area contributed by atoms with Crippen LogP contribution in [0.4, 0.5) is 0 Å². The highest BCUT2D eigenvalue weighted by Gasteiger charge is 2.42. The molecule has 0 bridgehead atoms.